The van der Waals surface area contributed by atoms with Crippen LogP contribution < -0.4 is 5.32 Å². The second-order valence-electron chi connectivity index (χ2n) is 7.15. The fraction of sp³-hybridized carbons (Fsp3) is 0.333. The smallest absolute Gasteiger partial charge is 0.329 e. The quantitative estimate of drug-likeness (QED) is 0.781. The van der Waals surface area contributed by atoms with Crippen molar-refractivity contribution in [2.24, 2.45) is 5.10 Å². The molecule has 1 N–H and O–H groups in total. The average Bonchev–Trinajstić information content (AvgIpc) is 3.46. The molecule has 1 aromatic heterocycles. The Hall–Kier alpha value is -3.42. The van der Waals surface area contributed by atoms with E-state index in [1.165, 1.54) is 5.01 Å². The zero-order chi connectivity index (χ0) is 20.4. The van der Waals surface area contributed by atoms with Gasteiger partial charge in [0.1, 0.15) is 17.8 Å². The van der Waals surface area contributed by atoms with E-state index in [-0.39, 0.29) is 12.3 Å². The van der Waals surface area contributed by atoms with E-state index < -0.39 is 30.6 Å². The third kappa shape index (κ3) is 4.06. The number of aryl methyl sites for hydroxylation is 1. The highest BCUT2D eigenvalue weighted by Crippen LogP contribution is 2.33. The van der Waals surface area contributed by atoms with E-state index in [1.54, 1.807) is 18.4 Å². The van der Waals surface area contributed by atoms with Crippen molar-refractivity contribution in [3.8, 4) is 0 Å². The van der Waals surface area contributed by atoms with Gasteiger partial charge in [-0.25, -0.2) is 9.80 Å². The van der Waals surface area contributed by atoms with Crippen LogP contribution in [-0.2, 0) is 19.1 Å². The van der Waals surface area contributed by atoms with Crippen LogP contribution in [0.15, 0.2) is 52.2 Å². The summed E-state index contributed by atoms with van der Waals surface area (Å²) >= 11 is 0. The molecule has 2 aromatic rings. The Labute approximate surface area is 167 Å². The lowest BCUT2D eigenvalue weighted by atomic mass is 10.0. The van der Waals surface area contributed by atoms with Crippen LogP contribution in [0, 0.1) is 6.92 Å². The summed E-state index contributed by atoms with van der Waals surface area (Å²) in [5.41, 5.74) is 2.82. The topological polar surface area (TPSA) is 101 Å². The van der Waals surface area contributed by atoms with Crippen molar-refractivity contribution in [2.75, 3.05) is 6.61 Å². The van der Waals surface area contributed by atoms with Gasteiger partial charge in [0.05, 0.1) is 12.0 Å². The summed E-state index contributed by atoms with van der Waals surface area (Å²) in [4.78, 5) is 36.1. The van der Waals surface area contributed by atoms with E-state index in [2.05, 4.69) is 10.4 Å². The molecule has 150 valence electrons. The van der Waals surface area contributed by atoms with Crippen molar-refractivity contribution in [1.29, 1.82) is 0 Å². The van der Waals surface area contributed by atoms with Gasteiger partial charge in [0.15, 0.2) is 6.61 Å². The summed E-state index contributed by atoms with van der Waals surface area (Å²) in [7, 11) is 0. The summed E-state index contributed by atoms with van der Waals surface area (Å²) in [6.45, 7) is 1.55. The summed E-state index contributed by atoms with van der Waals surface area (Å²) in [6.07, 6.45) is 2.70. The first-order valence-corrected chi connectivity index (χ1v) is 9.47. The molecule has 0 spiro atoms. The van der Waals surface area contributed by atoms with Crippen LogP contribution in [-0.4, -0.2) is 41.2 Å². The molecule has 2 aliphatic heterocycles. The van der Waals surface area contributed by atoms with Gasteiger partial charge < -0.3 is 14.5 Å². The minimum absolute atomic E-state index is 0.192. The molecule has 2 aliphatic rings. The van der Waals surface area contributed by atoms with Crippen LogP contribution >= 0.6 is 0 Å². The lowest BCUT2D eigenvalue weighted by Crippen LogP contribution is -2.37. The Morgan fingerprint density at radius 1 is 1.28 bits per heavy atom. The number of hydrogen-bond acceptors (Lipinski definition) is 6. The van der Waals surface area contributed by atoms with Crippen LogP contribution in [0.2, 0.25) is 0 Å². The third-order valence-corrected chi connectivity index (χ3v) is 5.04. The normalized spacial score (nSPS) is 21.1. The standard InChI is InChI=1S/C21H21N3O5/c1-13-4-6-14(7-5-13)16-11-17(18-3-2-10-28-18)24(23-16)20(26)12-29-21(27)15-8-9-19(25)22-15/h2-7,10,15,17H,8-9,11-12H2,1H3,(H,22,25)/t15-,17-/m0/s1. The van der Waals surface area contributed by atoms with Gasteiger partial charge in [0, 0.05) is 12.8 Å². The Bertz CT molecular complexity index is 949. The van der Waals surface area contributed by atoms with Crippen molar-refractivity contribution in [3.05, 3.63) is 59.5 Å². The minimum atomic E-state index is -0.693. The zero-order valence-electron chi connectivity index (χ0n) is 16.0. The van der Waals surface area contributed by atoms with Gasteiger partial charge in [-0.2, -0.15) is 5.10 Å². The molecule has 1 fully saturated rings. The molecule has 0 radical (unpaired) electrons. The number of furan rings is 1. The highest BCUT2D eigenvalue weighted by Gasteiger charge is 2.36. The molecule has 8 heteroatoms. The first-order chi connectivity index (χ1) is 14.0. The SMILES string of the molecule is Cc1ccc(C2=NN(C(=O)COC(=O)[C@@H]3CCC(=O)N3)[C@H](c3ccco3)C2)cc1. The highest BCUT2D eigenvalue weighted by atomic mass is 16.5. The minimum Gasteiger partial charge on any atom is -0.467 e. The van der Waals surface area contributed by atoms with Crippen LogP contribution in [0.1, 0.15) is 42.2 Å². The Balaban J connectivity index is 1.48. The number of nitrogens with zero attached hydrogens (tertiary/aromatic N) is 2. The molecule has 1 aromatic carbocycles. The summed E-state index contributed by atoms with van der Waals surface area (Å²) in [6, 6.07) is 10.3. The predicted octanol–water partition coefficient (Wildman–Crippen LogP) is 2.09. The molecule has 0 saturated carbocycles. The van der Waals surface area contributed by atoms with Crippen molar-refractivity contribution in [1.82, 2.24) is 10.3 Å². The van der Waals surface area contributed by atoms with Gasteiger partial charge in [-0.1, -0.05) is 29.8 Å². The number of carbonyl (C=O) groups excluding carboxylic acids is 3. The number of rotatable bonds is 5. The maximum atomic E-state index is 12.8. The van der Waals surface area contributed by atoms with Crippen molar-refractivity contribution >= 4 is 23.5 Å². The van der Waals surface area contributed by atoms with Gasteiger partial charge in [0.2, 0.25) is 5.91 Å². The first kappa shape index (κ1) is 18.9. The van der Waals surface area contributed by atoms with E-state index in [1.807, 2.05) is 31.2 Å². The monoisotopic (exact) mass is 395 g/mol. The number of nitrogens with one attached hydrogen (secondary N) is 1. The lowest BCUT2D eigenvalue weighted by molar-refractivity contribution is -0.154. The fourth-order valence-corrected chi connectivity index (χ4v) is 3.45. The largest absolute Gasteiger partial charge is 0.467 e. The number of hydrogen-bond donors (Lipinski definition) is 1. The van der Waals surface area contributed by atoms with Gasteiger partial charge in [0.25, 0.3) is 5.91 Å². The Kier molecular flexibility index (Phi) is 5.16. The van der Waals surface area contributed by atoms with E-state index >= 15 is 0 Å². The number of hydrazone groups is 1. The summed E-state index contributed by atoms with van der Waals surface area (Å²) in [5.74, 6) is -0.645. The first-order valence-electron chi connectivity index (χ1n) is 9.47. The summed E-state index contributed by atoms with van der Waals surface area (Å²) in [5, 5.41) is 8.34. The van der Waals surface area contributed by atoms with E-state index in [9.17, 15) is 14.4 Å². The van der Waals surface area contributed by atoms with Crippen molar-refractivity contribution < 1.29 is 23.5 Å². The highest BCUT2D eigenvalue weighted by molar-refractivity contribution is 6.03. The van der Waals surface area contributed by atoms with Gasteiger partial charge in [-0.15, -0.1) is 0 Å². The number of amides is 2. The molecule has 0 unspecified atom stereocenters. The maximum Gasteiger partial charge on any atom is 0.329 e. The second-order valence-corrected chi connectivity index (χ2v) is 7.15. The number of ether oxygens (including phenoxy) is 1. The molecule has 3 heterocycles. The van der Waals surface area contributed by atoms with E-state index in [0.29, 0.717) is 18.6 Å². The summed E-state index contributed by atoms with van der Waals surface area (Å²) < 4.78 is 10.6. The molecule has 0 bridgehead atoms. The Morgan fingerprint density at radius 3 is 2.72 bits per heavy atom. The van der Waals surface area contributed by atoms with E-state index in [4.69, 9.17) is 9.15 Å². The zero-order valence-corrected chi connectivity index (χ0v) is 16.0. The van der Waals surface area contributed by atoms with Crippen LogP contribution in [0.3, 0.4) is 0 Å². The Morgan fingerprint density at radius 2 is 2.07 bits per heavy atom. The van der Waals surface area contributed by atoms with Gasteiger partial charge in [-0.05, 0) is 31.0 Å². The third-order valence-electron chi connectivity index (χ3n) is 5.04. The molecule has 2 amide bonds. The average molecular weight is 395 g/mol. The second kappa shape index (κ2) is 7.90. The van der Waals surface area contributed by atoms with Gasteiger partial charge >= 0.3 is 5.97 Å². The molecule has 29 heavy (non-hydrogen) atoms. The molecular formula is C21H21N3O5. The fourth-order valence-electron chi connectivity index (χ4n) is 3.45. The van der Waals surface area contributed by atoms with Crippen molar-refractivity contribution in [3.63, 3.8) is 0 Å². The van der Waals surface area contributed by atoms with E-state index in [0.717, 1.165) is 16.8 Å². The molecule has 2 atom stereocenters. The van der Waals surface area contributed by atoms with Crippen molar-refractivity contribution in [2.45, 2.75) is 38.3 Å². The number of esters is 1. The van der Waals surface area contributed by atoms with Crippen LogP contribution in [0.5, 0.6) is 0 Å². The molecule has 0 aliphatic carbocycles. The maximum absolute atomic E-state index is 12.8. The molecule has 4 rings (SSSR count). The molecule has 1 saturated heterocycles. The molecule has 8 nitrogen and oxygen atoms in total. The van der Waals surface area contributed by atoms with Crippen LogP contribution in [0.25, 0.3) is 0 Å². The van der Waals surface area contributed by atoms with Crippen LogP contribution in [0.4, 0.5) is 0 Å². The van der Waals surface area contributed by atoms with Gasteiger partial charge in [-0.3, -0.25) is 9.59 Å². The number of benzene rings is 1. The molecular weight excluding hydrogens is 374 g/mol. The predicted molar refractivity (Wildman–Crippen MR) is 103 cm³/mol. The number of carbonyl (C=O) groups is 3. The lowest BCUT2D eigenvalue weighted by Gasteiger charge is -2.20.